The van der Waals surface area contributed by atoms with Gasteiger partial charge in [0.15, 0.2) is 0 Å². The third-order valence-electron chi connectivity index (χ3n) is 2.38. The van der Waals surface area contributed by atoms with Crippen molar-refractivity contribution in [1.82, 2.24) is 10.6 Å². The Morgan fingerprint density at radius 1 is 1.26 bits per heavy atom. The van der Waals surface area contributed by atoms with E-state index in [-0.39, 0.29) is 19.6 Å². The van der Waals surface area contributed by atoms with Crippen LogP contribution in [0.4, 0.5) is 4.79 Å². The molecule has 1 atom stereocenters. The summed E-state index contributed by atoms with van der Waals surface area (Å²) in [6.07, 6.45) is -0.143. The molecule has 104 valence electrons. The Labute approximate surface area is 118 Å². The van der Waals surface area contributed by atoms with Crippen LogP contribution in [0.2, 0.25) is 0 Å². The summed E-state index contributed by atoms with van der Waals surface area (Å²) >= 11 is 3.30. The number of carboxylic acids is 1. The molecule has 0 radical (unpaired) electrons. The summed E-state index contributed by atoms with van der Waals surface area (Å²) in [5.74, 6) is -0.980. The van der Waals surface area contributed by atoms with Crippen LogP contribution in [-0.4, -0.2) is 35.4 Å². The van der Waals surface area contributed by atoms with Gasteiger partial charge in [-0.1, -0.05) is 28.1 Å². The van der Waals surface area contributed by atoms with Gasteiger partial charge in [-0.3, -0.25) is 4.79 Å². The van der Waals surface area contributed by atoms with E-state index in [1.54, 1.807) is 12.1 Å². The Balaban J connectivity index is 2.50. The zero-order chi connectivity index (χ0) is 14.3. The molecule has 0 fully saturated rings. The molecule has 4 N–H and O–H groups in total. The Morgan fingerprint density at radius 3 is 2.42 bits per heavy atom. The van der Waals surface area contributed by atoms with Gasteiger partial charge in [-0.25, -0.2) is 4.79 Å². The van der Waals surface area contributed by atoms with Gasteiger partial charge in [0.2, 0.25) is 0 Å². The average molecular weight is 331 g/mol. The second-order valence-electron chi connectivity index (χ2n) is 3.83. The summed E-state index contributed by atoms with van der Waals surface area (Å²) in [5, 5.41) is 22.7. The predicted octanol–water partition coefficient (Wildman–Crippen LogP) is 1.26. The molecule has 0 aromatic heterocycles. The molecular formula is C12H15BrN2O4. The van der Waals surface area contributed by atoms with Crippen LogP contribution >= 0.6 is 15.9 Å². The molecule has 6 nitrogen and oxygen atoms in total. The van der Waals surface area contributed by atoms with Gasteiger partial charge in [-0.2, -0.15) is 0 Å². The number of carbonyl (C=O) groups excluding carboxylic acids is 1. The monoisotopic (exact) mass is 330 g/mol. The minimum absolute atomic E-state index is 0.0413. The number of aliphatic hydroxyl groups excluding tert-OH is 1. The lowest BCUT2D eigenvalue weighted by Crippen LogP contribution is -2.40. The van der Waals surface area contributed by atoms with Crippen LogP contribution in [0.1, 0.15) is 18.0 Å². The molecule has 19 heavy (non-hydrogen) atoms. The van der Waals surface area contributed by atoms with E-state index in [1.165, 1.54) is 0 Å². The van der Waals surface area contributed by atoms with Crippen LogP contribution in [0.5, 0.6) is 0 Å². The number of urea groups is 1. The molecule has 0 aliphatic rings. The minimum Gasteiger partial charge on any atom is -0.481 e. The van der Waals surface area contributed by atoms with Gasteiger partial charge in [0.25, 0.3) is 0 Å². The quantitative estimate of drug-likeness (QED) is 0.631. The molecule has 1 aromatic rings. The summed E-state index contributed by atoms with van der Waals surface area (Å²) in [5.41, 5.74) is 0.763. The van der Waals surface area contributed by atoms with Crippen LogP contribution in [0.15, 0.2) is 28.7 Å². The van der Waals surface area contributed by atoms with Crippen molar-refractivity contribution in [3.8, 4) is 0 Å². The van der Waals surface area contributed by atoms with Gasteiger partial charge in [0.1, 0.15) is 0 Å². The summed E-state index contributed by atoms with van der Waals surface area (Å²) in [7, 11) is 0. The Kier molecular flexibility index (Phi) is 6.31. The molecule has 1 rings (SSSR count). The molecule has 7 heteroatoms. The zero-order valence-electron chi connectivity index (χ0n) is 10.1. The Morgan fingerprint density at radius 2 is 1.89 bits per heavy atom. The highest BCUT2D eigenvalue weighted by Crippen LogP contribution is 2.16. The van der Waals surface area contributed by atoms with Gasteiger partial charge < -0.3 is 20.8 Å². The number of hydrogen-bond acceptors (Lipinski definition) is 3. The van der Waals surface area contributed by atoms with Crippen molar-refractivity contribution >= 4 is 27.9 Å². The van der Waals surface area contributed by atoms with E-state index >= 15 is 0 Å². The number of aliphatic hydroxyl groups is 1. The molecule has 0 saturated carbocycles. The first-order chi connectivity index (χ1) is 9.02. The first kappa shape index (κ1) is 15.5. The van der Waals surface area contributed by atoms with Crippen molar-refractivity contribution in [3.63, 3.8) is 0 Å². The lowest BCUT2D eigenvalue weighted by Gasteiger charge is -2.17. The third kappa shape index (κ3) is 5.71. The number of benzene rings is 1. The topological polar surface area (TPSA) is 98.7 Å². The fourth-order valence-electron chi connectivity index (χ4n) is 1.42. The van der Waals surface area contributed by atoms with Crippen molar-refractivity contribution in [1.29, 1.82) is 0 Å². The molecule has 0 spiro atoms. The molecule has 0 aliphatic heterocycles. The van der Waals surface area contributed by atoms with Crippen molar-refractivity contribution in [2.45, 2.75) is 12.5 Å². The van der Waals surface area contributed by atoms with Crippen molar-refractivity contribution in [2.75, 3.05) is 13.2 Å². The number of carbonyl (C=O) groups is 2. The molecule has 0 bridgehead atoms. The lowest BCUT2D eigenvalue weighted by molar-refractivity contribution is -0.136. The molecule has 0 aliphatic carbocycles. The highest BCUT2D eigenvalue weighted by molar-refractivity contribution is 9.10. The second-order valence-corrected chi connectivity index (χ2v) is 4.75. The molecule has 1 aromatic carbocycles. The molecule has 1 unspecified atom stereocenters. The maximum atomic E-state index is 11.5. The number of amides is 2. The number of carboxylic acid groups (broad SMARTS) is 1. The van der Waals surface area contributed by atoms with Crippen LogP contribution in [0, 0.1) is 0 Å². The van der Waals surface area contributed by atoms with E-state index in [9.17, 15) is 14.7 Å². The number of aliphatic carboxylic acids is 1. The molecule has 0 saturated heterocycles. The van der Waals surface area contributed by atoms with Gasteiger partial charge in [-0.05, 0) is 17.7 Å². The number of halogens is 1. The first-order valence-corrected chi connectivity index (χ1v) is 6.44. The molecule has 0 heterocycles. The maximum Gasteiger partial charge on any atom is 0.315 e. The standard InChI is InChI=1S/C12H15BrN2O4/c13-9-3-1-8(2-4-9)10(7-16)15-12(19)14-6-5-11(17)18/h1-4,10,16H,5-7H2,(H,17,18)(H2,14,15,19). The molecule has 2 amide bonds. The highest BCUT2D eigenvalue weighted by atomic mass is 79.9. The normalized spacial score (nSPS) is 11.7. The number of hydrogen-bond donors (Lipinski definition) is 4. The third-order valence-corrected chi connectivity index (χ3v) is 2.91. The summed E-state index contributed by atoms with van der Waals surface area (Å²) in [4.78, 5) is 21.8. The summed E-state index contributed by atoms with van der Waals surface area (Å²) in [6.45, 7) is -0.201. The van der Waals surface area contributed by atoms with Gasteiger partial charge in [0.05, 0.1) is 19.1 Å². The van der Waals surface area contributed by atoms with E-state index in [0.29, 0.717) is 0 Å². The van der Waals surface area contributed by atoms with Crippen molar-refractivity contribution in [3.05, 3.63) is 34.3 Å². The van der Waals surface area contributed by atoms with E-state index in [0.717, 1.165) is 10.0 Å². The number of rotatable bonds is 6. The SMILES string of the molecule is O=C(O)CCNC(=O)NC(CO)c1ccc(Br)cc1. The van der Waals surface area contributed by atoms with Crippen molar-refractivity contribution < 1.29 is 19.8 Å². The Hall–Kier alpha value is -1.60. The van der Waals surface area contributed by atoms with E-state index in [4.69, 9.17) is 5.11 Å². The van der Waals surface area contributed by atoms with Crippen LogP contribution in [0.25, 0.3) is 0 Å². The summed E-state index contributed by atoms with van der Waals surface area (Å²) < 4.78 is 0.902. The fraction of sp³-hybridized carbons (Fsp3) is 0.333. The van der Waals surface area contributed by atoms with Crippen LogP contribution < -0.4 is 10.6 Å². The zero-order valence-corrected chi connectivity index (χ0v) is 11.7. The predicted molar refractivity (Wildman–Crippen MR) is 72.8 cm³/mol. The van der Waals surface area contributed by atoms with Crippen molar-refractivity contribution in [2.24, 2.45) is 0 Å². The summed E-state index contributed by atoms with van der Waals surface area (Å²) in [6, 6.07) is 6.13. The fourth-order valence-corrected chi connectivity index (χ4v) is 1.69. The Bertz CT molecular complexity index is 436. The highest BCUT2D eigenvalue weighted by Gasteiger charge is 2.13. The van der Waals surface area contributed by atoms with E-state index in [1.807, 2.05) is 12.1 Å². The first-order valence-electron chi connectivity index (χ1n) is 5.65. The minimum atomic E-state index is -0.980. The van der Waals surface area contributed by atoms with Crippen LogP contribution in [-0.2, 0) is 4.79 Å². The van der Waals surface area contributed by atoms with Crippen LogP contribution in [0.3, 0.4) is 0 Å². The molecular weight excluding hydrogens is 316 g/mol. The van der Waals surface area contributed by atoms with Gasteiger partial charge in [0, 0.05) is 11.0 Å². The second kappa shape index (κ2) is 7.75. The van der Waals surface area contributed by atoms with E-state index < -0.39 is 18.0 Å². The number of nitrogens with one attached hydrogen (secondary N) is 2. The smallest absolute Gasteiger partial charge is 0.315 e. The maximum absolute atomic E-state index is 11.5. The largest absolute Gasteiger partial charge is 0.481 e. The average Bonchev–Trinajstić information content (AvgIpc) is 2.36. The van der Waals surface area contributed by atoms with Gasteiger partial charge >= 0.3 is 12.0 Å². The van der Waals surface area contributed by atoms with Gasteiger partial charge in [-0.15, -0.1) is 0 Å². The lowest BCUT2D eigenvalue weighted by atomic mass is 10.1. The van der Waals surface area contributed by atoms with E-state index in [2.05, 4.69) is 26.6 Å².